The van der Waals surface area contributed by atoms with Crippen molar-refractivity contribution in [3.63, 3.8) is 0 Å². The molecule has 3 rings (SSSR count). The lowest BCUT2D eigenvalue weighted by atomic mass is 10.0. The summed E-state index contributed by atoms with van der Waals surface area (Å²) in [6.07, 6.45) is 4.13. The summed E-state index contributed by atoms with van der Waals surface area (Å²) in [6.45, 7) is 0. The minimum Gasteiger partial charge on any atom is -0.349 e. The Hall–Kier alpha value is -2.88. The molecule has 0 aliphatic heterocycles. The maximum Gasteiger partial charge on any atom is 0.226 e. The van der Waals surface area contributed by atoms with Gasteiger partial charge in [0.25, 0.3) is 0 Å². The van der Waals surface area contributed by atoms with Crippen LogP contribution >= 0.6 is 0 Å². The standard InChI is InChI=1S/C19H19N3O/c1-22(2)19(23)11-14-3-5-15(6-4-14)16-7-9-17(10-8-16)18-12-20-21-13-18/h3-10,12-13H,11H2,1-2H3,(H,20,21). The second kappa shape index (κ2) is 6.48. The van der Waals surface area contributed by atoms with Crippen LogP contribution in [0.5, 0.6) is 0 Å². The molecular weight excluding hydrogens is 286 g/mol. The molecule has 2 aromatic carbocycles. The lowest BCUT2D eigenvalue weighted by molar-refractivity contribution is -0.127. The molecule has 1 amide bonds. The van der Waals surface area contributed by atoms with Crippen LogP contribution in [0.15, 0.2) is 60.9 Å². The van der Waals surface area contributed by atoms with Gasteiger partial charge in [-0.3, -0.25) is 9.89 Å². The van der Waals surface area contributed by atoms with Crippen molar-refractivity contribution in [1.82, 2.24) is 15.1 Å². The van der Waals surface area contributed by atoms with E-state index in [9.17, 15) is 4.79 Å². The van der Waals surface area contributed by atoms with Gasteiger partial charge >= 0.3 is 0 Å². The van der Waals surface area contributed by atoms with Crippen molar-refractivity contribution in [2.24, 2.45) is 0 Å². The average Bonchev–Trinajstić information content (AvgIpc) is 3.10. The lowest BCUT2D eigenvalue weighted by Crippen LogP contribution is -2.23. The largest absolute Gasteiger partial charge is 0.349 e. The highest BCUT2D eigenvalue weighted by atomic mass is 16.2. The Morgan fingerprint density at radius 2 is 1.43 bits per heavy atom. The van der Waals surface area contributed by atoms with Crippen LogP contribution in [0.1, 0.15) is 5.56 Å². The Kier molecular flexibility index (Phi) is 4.24. The molecule has 1 heterocycles. The zero-order chi connectivity index (χ0) is 16.2. The van der Waals surface area contributed by atoms with E-state index in [-0.39, 0.29) is 5.91 Å². The second-order valence-corrected chi connectivity index (χ2v) is 5.73. The molecule has 4 nitrogen and oxygen atoms in total. The number of rotatable bonds is 4. The third-order valence-corrected chi connectivity index (χ3v) is 3.86. The molecule has 0 radical (unpaired) electrons. The van der Waals surface area contributed by atoms with Crippen molar-refractivity contribution >= 4 is 5.91 Å². The van der Waals surface area contributed by atoms with E-state index in [1.807, 2.05) is 24.5 Å². The summed E-state index contributed by atoms with van der Waals surface area (Å²) in [5.41, 5.74) is 5.54. The molecule has 1 N–H and O–H groups in total. The number of nitrogens with zero attached hydrogens (tertiary/aromatic N) is 2. The number of aromatic nitrogens is 2. The van der Waals surface area contributed by atoms with Crippen LogP contribution in [0.3, 0.4) is 0 Å². The first-order chi connectivity index (χ1) is 11.1. The Morgan fingerprint density at radius 1 is 0.913 bits per heavy atom. The fraction of sp³-hybridized carbons (Fsp3) is 0.158. The van der Waals surface area contributed by atoms with E-state index in [2.05, 4.69) is 46.6 Å². The van der Waals surface area contributed by atoms with E-state index >= 15 is 0 Å². The highest BCUT2D eigenvalue weighted by Crippen LogP contribution is 2.24. The fourth-order valence-electron chi connectivity index (χ4n) is 2.41. The third-order valence-electron chi connectivity index (χ3n) is 3.86. The van der Waals surface area contributed by atoms with Gasteiger partial charge in [-0.25, -0.2) is 0 Å². The first kappa shape index (κ1) is 15.0. The van der Waals surface area contributed by atoms with Gasteiger partial charge in [-0.1, -0.05) is 48.5 Å². The molecule has 1 aromatic heterocycles. The van der Waals surface area contributed by atoms with Crippen LogP contribution in [-0.2, 0) is 11.2 Å². The topological polar surface area (TPSA) is 49.0 Å². The molecule has 0 spiro atoms. The molecule has 23 heavy (non-hydrogen) atoms. The molecule has 4 heteroatoms. The number of aromatic amines is 1. The molecule has 3 aromatic rings. The molecule has 116 valence electrons. The van der Waals surface area contributed by atoms with Gasteiger partial charge in [0.05, 0.1) is 12.6 Å². The summed E-state index contributed by atoms with van der Waals surface area (Å²) in [4.78, 5) is 13.3. The highest BCUT2D eigenvalue weighted by Gasteiger charge is 2.06. The summed E-state index contributed by atoms with van der Waals surface area (Å²) in [5.74, 6) is 0.113. The molecule has 0 aliphatic rings. The van der Waals surface area contributed by atoms with E-state index in [1.165, 1.54) is 0 Å². The van der Waals surface area contributed by atoms with E-state index in [1.54, 1.807) is 19.0 Å². The van der Waals surface area contributed by atoms with Gasteiger partial charge in [0.15, 0.2) is 0 Å². The number of carbonyl (C=O) groups excluding carboxylic acids is 1. The summed E-state index contributed by atoms with van der Waals surface area (Å²) >= 11 is 0. The van der Waals surface area contributed by atoms with Gasteiger partial charge in [-0.2, -0.15) is 5.10 Å². The number of carbonyl (C=O) groups is 1. The third kappa shape index (κ3) is 3.48. The van der Waals surface area contributed by atoms with Crippen molar-refractivity contribution in [3.05, 3.63) is 66.5 Å². The molecule has 0 saturated heterocycles. The van der Waals surface area contributed by atoms with Gasteiger partial charge in [0.2, 0.25) is 5.91 Å². The average molecular weight is 305 g/mol. The van der Waals surface area contributed by atoms with Crippen molar-refractivity contribution in [2.75, 3.05) is 14.1 Å². The molecular formula is C19H19N3O. The van der Waals surface area contributed by atoms with E-state index in [0.717, 1.165) is 27.8 Å². The summed E-state index contributed by atoms with van der Waals surface area (Å²) in [5, 5.41) is 6.79. The SMILES string of the molecule is CN(C)C(=O)Cc1ccc(-c2ccc(-c3cn[nH]c3)cc2)cc1. The zero-order valence-corrected chi connectivity index (χ0v) is 13.3. The number of nitrogens with one attached hydrogen (secondary N) is 1. The van der Waals surface area contributed by atoms with Gasteiger partial charge < -0.3 is 4.90 Å². The van der Waals surface area contributed by atoms with E-state index < -0.39 is 0 Å². The van der Waals surface area contributed by atoms with Crippen molar-refractivity contribution < 1.29 is 4.79 Å². The van der Waals surface area contributed by atoms with Gasteiger partial charge in [-0.15, -0.1) is 0 Å². The van der Waals surface area contributed by atoms with Crippen LogP contribution in [0.2, 0.25) is 0 Å². The Balaban J connectivity index is 1.76. The van der Waals surface area contributed by atoms with E-state index in [4.69, 9.17) is 0 Å². The Labute approximate surface area is 135 Å². The normalized spacial score (nSPS) is 10.5. The molecule has 0 saturated carbocycles. The monoisotopic (exact) mass is 305 g/mol. The van der Waals surface area contributed by atoms with Gasteiger partial charge in [0, 0.05) is 25.9 Å². The quantitative estimate of drug-likeness (QED) is 0.803. The number of benzene rings is 2. The van der Waals surface area contributed by atoms with Crippen molar-refractivity contribution in [1.29, 1.82) is 0 Å². The lowest BCUT2D eigenvalue weighted by Gasteiger charge is -2.10. The molecule has 0 bridgehead atoms. The maximum absolute atomic E-state index is 11.7. The smallest absolute Gasteiger partial charge is 0.226 e. The fourth-order valence-corrected chi connectivity index (χ4v) is 2.41. The highest BCUT2D eigenvalue weighted by molar-refractivity contribution is 5.78. The first-order valence-electron chi connectivity index (χ1n) is 7.52. The number of likely N-dealkylation sites (N-methyl/N-ethyl adjacent to an activating group) is 1. The molecule has 0 aliphatic carbocycles. The molecule has 0 unspecified atom stereocenters. The minimum atomic E-state index is 0.113. The van der Waals surface area contributed by atoms with Crippen LogP contribution in [0.25, 0.3) is 22.3 Å². The predicted molar refractivity (Wildman–Crippen MR) is 91.9 cm³/mol. The van der Waals surface area contributed by atoms with Crippen LogP contribution in [0.4, 0.5) is 0 Å². The van der Waals surface area contributed by atoms with Crippen molar-refractivity contribution in [2.45, 2.75) is 6.42 Å². The number of hydrogen-bond acceptors (Lipinski definition) is 2. The van der Waals surface area contributed by atoms with Crippen molar-refractivity contribution in [3.8, 4) is 22.3 Å². The van der Waals surface area contributed by atoms with Crippen LogP contribution in [-0.4, -0.2) is 35.1 Å². The van der Waals surface area contributed by atoms with Gasteiger partial charge in [-0.05, 0) is 22.3 Å². The Morgan fingerprint density at radius 3 is 1.91 bits per heavy atom. The number of H-pyrrole nitrogens is 1. The summed E-state index contributed by atoms with van der Waals surface area (Å²) in [6, 6.07) is 16.5. The summed E-state index contributed by atoms with van der Waals surface area (Å²) < 4.78 is 0. The second-order valence-electron chi connectivity index (χ2n) is 5.73. The van der Waals surface area contributed by atoms with Crippen LogP contribution < -0.4 is 0 Å². The minimum absolute atomic E-state index is 0.113. The Bertz CT molecular complexity index is 772. The molecule has 0 atom stereocenters. The van der Waals surface area contributed by atoms with Crippen LogP contribution in [0, 0.1) is 0 Å². The summed E-state index contributed by atoms with van der Waals surface area (Å²) in [7, 11) is 3.55. The molecule has 0 fully saturated rings. The number of amides is 1. The maximum atomic E-state index is 11.7. The van der Waals surface area contributed by atoms with Gasteiger partial charge in [0.1, 0.15) is 0 Å². The van der Waals surface area contributed by atoms with E-state index in [0.29, 0.717) is 6.42 Å². The zero-order valence-electron chi connectivity index (χ0n) is 13.3. The predicted octanol–water partition coefficient (Wildman–Crippen LogP) is 3.37. The number of hydrogen-bond donors (Lipinski definition) is 1. The first-order valence-corrected chi connectivity index (χ1v) is 7.52.